The average Bonchev–Trinajstić information content (AvgIpc) is 4.27. The quantitative estimate of drug-likeness (QED) is 0.137. The molecule has 0 aliphatic rings. The standard InChI is InChI=1S/C74H48N6/c1-7-19-49(20-8-1)57-35-39-66-62(45-57)63-46-58(50-21-9-2-10-22-50)36-40-67(63)79(66)70-61(53-31-33-56(34-32-53)73-77-71(54-27-15-5-16-28-54)76-72(78-73)55-29-17-6-18-30-55)43-44-75-74(70)80-68-41-37-59(51-23-11-3-12-24-51)47-64(68)65-48-60(38-42-69(65)80)52-25-13-4-14-26-52/h1-48H. The molecule has 0 N–H and O–H groups in total. The van der Waals surface area contributed by atoms with Crippen molar-refractivity contribution in [1.82, 2.24) is 29.1 Å². The molecule has 374 valence electrons. The number of rotatable bonds is 10. The molecule has 0 saturated heterocycles. The lowest BCUT2D eigenvalue weighted by molar-refractivity contribution is 1.03. The number of nitrogens with zero attached hydrogens (tertiary/aromatic N) is 6. The van der Waals surface area contributed by atoms with Crippen molar-refractivity contribution in [3.8, 4) is 101 Å². The molecule has 6 heteroatoms. The fourth-order valence-corrected chi connectivity index (χ4v) is 11.6. The van der Waals surface area contributed by atoms with Crippen molar-refractivity contribution in [2.24, 2.45) is 0 Å². The molecule has 0 radical (unpaired) electrons. The van der Waals surface area contributed by atoms with Gasteiger partial charge in [-0.1, -0.05) is 231 Å². The minimum absolute atomic E-state index is 0.598. The minimum atomic E-state index is 0.598. The van der Waals surface area contributed by atoms with Crippen molar-refractivity contribution in [3.63, 3.8) is 0 Å². The highest BCUT2D eigenvalue weighted by atomic mass is 15.1. The van der Waals surface area contributed by atoms with Crippen LogP contribution in [0.1, 0.15) is 0 Å². The van der Waals surface area contributed by atoms with Crippen LogP contribution >= 0.6 is 0 Å². The monoisotopic (exact) mass is 1020 g/mol. The zero-order valence-electron chi connectivity index (χ0n) is 43.4. The third kappa shape index (κ3) is 8.22. The number of hydrogen-bond donors (Lipinski definition) is 0. The molecule has 4 aromatic heterocycles. The summed E-state index contributed by atoms with van der Waals surface area (Å²) in [6.07, 6.45) is 1.97. The lowest BCUT2D eigenvalue weighted by Gasteiger charge is -2.20. The van der Waals surface area contributed by atoms with Gasteiger partial charge in [0.1, 0.15) is 0 Å². The van der Waals surface area contributed by atoms with Crippen LogP contribution in [0.15, 0.2) is 291 Å². The van der Waals surface area contributed by atoms with Crippen molar-refractivity contribution in [2.75, 3.05) is 0 Å². The van der Waals surface area contributed by atoms with Crippen LogP contribution < -0.4 is 0 Å². The maximum atomic E-state index is 5.53. The summed E-state index contributed by atoms with van der Waals surface area (Å²) in [5.41, 5.74) is 19.2. The first kappa shape index (κ1) is 46.5. The van der Waals surface area contributed by atoms with Gasteiger partial charge in [-0.3, -0.25) is 4.57 Å². The highest BCUT2D eigenvalue weighted by Crippen LogP contribution is 2.45. The highest BCUT2D eigenvalue weighted by molar-refractivity contribution is 6.14. The van der Waals surface area contributed by atoms with Gasteiger partial charge in [-0.25, -0.2) is 19.9 Å². The van der Waals surface area contributed by atoms with Crippen LogP contribution in [0, 0.1) is 0 Å². The predicted octanol–water partition coefficient (Wildman–Crippen LogP) is 18.8. The van der Waals surface area contributed by atoms with Gasteiger partial charge < -0.3 is 4.57 Å². The molecule has 0 fully saturated rings. The Morgan fingerprint density at radius 2 is 0.500 bits per heavy atom. The van der Waals surface area contributed by atoms with E-state index in [0.29, 0.717) is 17.5 Å². The second kappa shape index (κ2) is 19.6. The lowest BCUT2D eigenvalue weighted by atomic mass is 10.0. The van der Waals surface area contributed by atoms with E-state index in [2.05, 4.69) is 234 Å². The van der Waals surface area contributed by atoms with E-state index in [1.165, 1.54) is 11.1 Å². The Morgan fingerprint density at radius 1 is 0.225 bits per heavy atom. The molecule has 0 unspecified atom stereocenters. The Kier molecular flexibility index (Phi) is 11.4. The van der Waals surface area contributed by atoms with Crippen LogP contribution in [0.3, 0.4) is 0 Å². The second-order valence-corrected chi connectivity index (χ2v) is 20.2. The van der Waals surface area contributed by atoms with Gasteiger partial charge in [0.2, 0.25) is 0 Å². The lowest BCUT2D eigenvalue weighted by Crippen LogP contribution is -2.08. The fraction of sp³-hybridized carbons (Fsp3) is 0. The molecule has 0 spiro atoms. The van der Waals surface area contributed by atoms with Gasteiger partial charge in [0, 0.05) is 50.0 Å². The largest absolute Gasteiger partial charge is 0.305 e. The Balaban J connectivity index is 1.00. The molecule has 4 heterocycles. The van der Waals surface area contributed by atoms with Crippen LogP contribution in [0.25, 0.3) is 145 Å². The van der Waals surface area contributed by atoms with Crippen molar-refractivity contribution in [2.45, 2.75) is 0 Å². The van der Waals surface area contributed by atoms with Crippen LogP contribution in [-0.4, -0.2) is 29.1 Å². The van der Waals surface area contributed by atoms with Gasteiger partial charge in [-0.05, 0) is 105 Å². The zero-order valence-corrected chi connectivity index (χ0v) is 43.4. The second-order valence-electron chi connectivity index (χ2n) is 20.2. The summed E-state index contributed by atoms with van der Waals surface area (Å²) in [6.45, 7) is 0. The van der Waals surface area contributed by atoms with E-state index in [1.54, 1.807) is 0 Å². The Labute approximate surface area is 462 Å². The van der Waals surface area contributed by atoms with E-state index < -0.39 is 0 Å². The highest BCUT2D eigenvalue weighted by Gasteiger charge is 2.25. The molecular weight excluding hydrogens is 973 g/mol. The van der Waals surface area contributed by atoms with Gasteiger partial charge in [-0.15, -0.1) is 0 Å². The SMILES string of the molecule is c1ccc(-c2ccc3c(c2)c2cc(-c4ccccc4)ccc2n3-c2nccc(-c3ccc(-c4nc(-c5ccccc5)nc(-c5ccccc5)n4)cc3)c2-n2c3ccc(-c4ccccc4)cc3c3cc(-c4ccccc4)ccc32)cc1. The first-order valence-corrected chi connectivity index (χ1v) is 27.0. The maximum Gasteiger partial charge on any atom is 0.164 e. The average molecular weight is 1020 g/mol. The number of benzene rings is 11. The van der Waals surface area contributed by atoms with Gasteiger partial charge in [0.15, 0.2) is 23.3 Å². The number of aromatic nitrogens is 6. The molecular formula is C74H48N6. The van der Waals surface area contributed by atoms with Crippen LogP contribution in [0.4, 0.5) is 0 Å². The predicted molar refractivity (Wildman–Crippen MR) is 330 cm³/mol. The van der Waals surface area contributed by atoms with E-state index in [1.807, 2.05) is 66.9 Å². The van der Waals surface area contributed by atoms with Crippen molar-refractivity contribution in [3.05, 3.63) is 291 Å². The summed E-state index contributed by atoms with van der Waals surface area (Å²) in [7, 11) is 0. The normalized spacial score (nSPS) is 11.5. The maximum absolute atomic E-state index is 5.53. The van der Waals surface area contributed by atoms with Crippen LogP contribution in [0.2, 0.25) is 0 Å². The van der Waals surface area contributed by atoms with Crippen molar-refractivity contribution < 1.29 is 0 Å². The molecule has 6 nitrogen and oxygen atoms in total. The smallest absolute Gasteiger partial charge is 0.164 e. The number of hydrogen-bond acceptors (Lipinski definition) is 4. The molecule has 15 rings (SSSR count). The first-order chi connectivity index (χ1) is 39.7. The number of pyridine rings is 1. The van der Waals surface area contributed by atoms with Gasteiger partial charge >= 0.3 is 0 Å². The van der Waals surface area contributed by atoms with Gasteiger partial charge in [0.25, 0.3) is 0 Å². The topological polar surface area (TPSA) is 61.4 Å². The molecule has 0 saturated carbocycles. The molecule has 11 aromatic carbocycles. The van der Waals surface area contributed by atoms with E-state index >= 15 is 0 Å². The summed E-state index contributed by atoms with van der Waals surface area (Å²) >= 11 is 0. The van der Waals surface area contributed by atoms with Gasteiger partial charge in [0.05, 0.1) is 27.8 Å². The van der Waals surface area contributed by atoms with Crippen LogP contribution in [0.5, 0.6) is 0 Å². The molecule has 0 aliphatic heterocycles. The minimum Gasteiger partial charge on any atom is -0.305 e. The van der Waals surface area contributed by atoms with Crippen molar-refractivity contribution >= 4 is 43.6 Å². The molecule has 0 bridgehead atoms. The van der Waals surface area contributed by atoms with Gasteiger partial charge in [-0.2, -0.15) is 0 Å². The summed E-state index contributed by atoms with van der Waals surface area (Å²) < 4.78 is 4.84. The molecule has 80 heavy (non-hydrogen) atoms. The third-order valence-electron chi connectivity index (χ3n) is 15.5. The number of fused-ring (bicyclic) bond motifs is 6. The first-order valence-electron chi connectivity index (χ1n) is 27.0. The third-order valence-corrected chi connectivity index (χ3v) is 15.5. The van der Waals surface area contributed by atoms with E-state index in [-0.39, 0.29) is 0 Å². The molecule has 0 aliphatic carbocycles. The summed E-state index contributed by atoms with van der Waals surface area (Å²) in [5, 5.41) is 4.59. The Hall–Kier alpha value is -10.8. The molecule has 0 atom stereocenters. The van der Waals surface area contributed by atoms with E-state index in [0.717, 1.165) is 116 Å². The summed E-state index contributed by atoms with van der Waals surface area (Å²) in [5.74, 6) is 2.65. The van der Waals surface area contributed by atoms with Crippen molar-refractivity contribution in [1.29, 1.82) is 0 Å². The van der Waals surface area contributed by atoms with E-state index in [9.17, 15) is 0 Å². The molecule has 15 aromatic rings. The molecule has 0 amide bonds. The Morgan fingerprint density at radius 3 is 0.838 bits per heavy atom. The zero-order chi connectivity index (χ0) is 52.9. The fourth-order valence-electron chi connectivity index (χ4n) is 11.6. The summed E-state index contributed by atoms with van der Waals surface area (Å²) in [4.78, 5) is 20.7. The Bertz CT molecular complexity index is 4520. The summed E-state index contributed by atoms with van der Waals surface area (Å²) in [6, 6.07) is 101. The van der Waals surface area contributed by atoms with E-state index in [4.69, 9.17) is 19.9 Å². The van der Waals surface area contributed by atoms with Crippen LogP contribution in [-0.2, 0) is 0 Å².